The number of carbonyl (C=O) groups excluding carboxylic acids is 1. The summed E-state index contributed by atoms with van der Waals surface area (Å²) in [5, 5.41) is 0.675. The fraction of sp³-hybridized carbons (Fsp3) is 0.182. The van der Waals surface area contributed by atoms with E-state index >= 15 is 0 Å². The van der Waals surface area contributed by atoms with Gasteiger partial charge in [0.25, 0.3) is 5.91 Å². The van der Waals surface area contributed by atoms with Crippen LogP contribution in [-0.4, -0.2) is 36.2 Å². The van der Waals surface area contributed by atoms with E-state index in [9.17, 15) is 4.79 Å². The largest absolute Gasteiger partial charge is 0.497 e. The van der Waals surface area contributed by atoms with Crippen LogP contribution in [0.4, 0.5) is 5.69 Å². The van der Waals surface area contributed by atoms with E-state index in [1.165, 1.54) is 11.8 Å². The third-order valence-corrected chi connectivity index (χ3v) is 6.77. The molecule has 2 aromatic rings. The molecule has 8 heteroatoms. The Kier molecular flexibility index (Phi) is 8.23. The fourth-order valence-electron chi connectivity index (χ4n) is 2.73. The number of carbonyl (C=O) groups is 1. The molecule has 0 aliphatic carbocycles. The predicted octanol–water partition coefficient (Wildman–Crippen LogP) is 6.09. The average molecular weight is 646 g/mol. The number of rotatable bonds is 7. The highest BCUT2D eigenvalue weighted by molar-refractivity contribution is 14.1. The van der Waals surface area contributed by atoms with Gasteiger partial charge in [0, 0.05) is 6.54 Å². The standard InChI is InChI=1S/C22H20I2N2O3S/c1-4-10-29-20-17(23)11-14(12-18(20)24)13-19-21(27)26(5-2)22(30-19)25-15-6-8-16(28-3)9-7-15/h4,6-9,11-13H,1,5,10H2,2-3H3/b19-13+,25-22?. The van der Waals surface area contributed by atoms with Crippen molar-refractivity contribution in [2.45, 2.75) is 6.92 Å². The van der Waals surface area contributed by atoms with Crippen LogP contribution < -0.4 is 9.47 Å². The quantitative estimate of drug-likeness (QED) is 0.208. The summed E-state index contributed by atoms with van der Waals surface area (Å²) >= 11 is 5.89. The maximum absolute atomic E-state index is 12.9. The normalized spacial score (nSPS) is 16.4. The summed E-state index contributed by atoms with van der Waals surface area (Å²) < 4.78 is 12.9. The number of hydrogen-bond donors (Lipinski definition) is 0. The molecular formula is C22H20I2N2O3S. The van der Waals surface area contributed by atoms with Gasteiger partial charge in [0.05, 0.1) is 24.8 Å². The van der Waals surface area contributed by atoms with Crippen molar-refractivity contribution in [3.8, 4) is 11.5 Å². The highest BCUT2D eigenvalue weighted by Crippen LogP contribution is 2.36. The van der Waals surface area contributed by atoms with Crippen molar-refractivity contribution in [3.63, 3.8) is 0 Å². The van der Waals surface area contributed by atoms with E-state index in [4.69, 9.17) is 9.47 Å². The summed E-state index contributed by atoms with van der Waals surface area (Å²) in [5.41, 5.74) is 1.73. The first kappa shape index (κ1) is 23.1. The number of benzene rings is 2. The number of nitrogens with zero attached hydrogens (tertiary/aromatic N) is 2. The van der Waals surface area contributed by atoms with Gasteiger partial charge in [0.1, 0.15) is 18.1 Å². The van der Waals surface area contributed by atoms with Gasteiger partial charge in [0.2, 0.25) is 0 Å². The molecule has 0 radical (unpaired) electrons. The van der Waals surface area contributed by atoms with Crippen molar-refractivity contribution in [1.29, 1.82) is 0 Å². The lowest BCUT2D eigenvalue weighted by Gasteiger charge is -2.12. The number of methoxy groups -OCH3 is 1. The zero-order valence-corrected chi connectivity index (χ0v) is 21.7. The smallest absolute Gasteiger partial charge is 0.266 e. The molecule has 5 nitrogen and oxygen atoms in total. The number of thioether (sulfide) groups is 1. The predicted molar refractivity (Wildman–Crippen MR) is 141 cm³/mol. The van der Waals surface area contributed by atoms with Crippen molar-refractivity contribution in [1.82, 2.24) is 4.90 Å². The molecule has 1 aliphatic rings. The molecule has 30 heavy (non-hydrogen) atoms. The Balaban J connectivity index is 1.89. The fourth-order valence-corrected chi connectivity index (χ4v) is 5.92. The van der Waals surface area contributed by atoms with Gasteiger partial charge in [-0.15, -0.1) is 0 Å². The van der Waals surface area contributed by atoms with E-state index in [2.05, 4.69) is 56.8 Å². The second-order valence-electron chi connectivity index (χ2n) is 6.17. The lowest BCUT2D eigenvalue weighted by molar-refractivity contribution is -0.122. The van der Waals surface area contributed by atoms with Gasteiger partial charge >= 0.3 is 0 Å². The molecular weight excluding hydrogens is 626 g/mol. The molecule has 0 bridgehead atoms. The lowest BCUT2D eigenvalue weighted by atomic mass is 10.2. The van der Waals surface area contributed by atoms with E-state index in [-0.39, 0.29) is 5.91 Å². The van der Waals surface area contributed by atoms with Crippen LogP contribution in [0, 0.1) is 7.14 Å². The van der Waals surface area contributed by atoms with Crippen LogP contribution in [0.3, 0.4) is 0 Å². The summed E-state index contributed by atoms with van der Waals surface area (Å²) in [6.07, 6.45) is 3.63. The van der Waals surface area contributed by atoms with Gasteiger partial charge in [-0.05, 0) is 112 Å². The highest BCUT2D eigenvalue weighted by atomic mass is 127. The molecule has 2 aromatic carbocycles. The third kappa shape index (κ3) is 5.38. The van der Waals surface area contributed by atoms with Crippen LogP contribution in [0.25, 0.3) is 6.08 Å². The van der Waals surface area contributed by atoms with Crippen LogP contribution in [0.2, 0.25) is 0 Å². The summed E-state index contributed by atoms with van der Waals surface area (Å²) in [7, 11) is 1.63. The Morgan fingerprint density at radius 3 is 2.43 bits per heavy atom. The second-order valence-corrected chi connectivity index (χ2v) is 9.50. The number of halogens is 2. The summed E-state index contributed by atoms with van der Waals surface area (Å²) in [5.74, 6) is 1.57. The van der Waals surface area contributed by atoms with E-state index in [1.807, 2.05) is 49.4 Å². The molecule has 0 atom stereocenters. The molecule has 1 aliphatic heterocycles. The molecule has 0 saturated carbocycles. The van der Waals surface area contributed by atoms with E-state index in [0.717, 1.165) is 29.9 Å². The van der Waals surface area contributed by atoms with Gasteiger partial charge in [-0.3, -0.25) is 9.69 Å². The van der Waals surface area contributed by atoms with Crippen molar-refractivity contribution in [2.75, 3.05) is 20.3 Å². The maximum atomic E-state index is 12.9. The van der Waals surface area contributed by atoms with E-state index < -0.39 is 0 Å². The van der Waals surface area contributed by atoms with Gasteiger partial charge in [-0.25, -0.2) is 4.99 Å². The zero-order chi connectivity index (χ0) is 21.7. The molecule has 0 spiro atoms. The Morgan fingerprint density at radius 1 is 1.20 bits per heavy atom. The molecule has 0 aromatic heterocycles. The summed E-state index contributed by atoms with van der Waals surface area (Å²) in [6, 6.07) is 11.5. The van der Waals surface area contributed by atoms with E-state index in [0.29, 0.717) is 23.2 Å². The van der Waals surface area contributed by atoms with Crippen molar-refractivity contribution in [3.05, 3.63) is 66.7 Å². The zero-order valence-electron chi connectivity index (χ0n) is 16.5. The first-order chi connectivity index (χ1) is 14.5. The van der Waals surface area contributed by atoms with Crippen molar-refractivity contribution < 1.29 is 14.3 Å². The molecule has 1 saturated heterocycles. The minimum atomic E-state index is -0.0354. The van der Waals surface area contributed by atoms with Gasteiger partial charge in [-0.1, -0.05) is 12.7 Å². The summed E-state index contributed by atoms with van der Waals surface area (Å²) in [4.78, 5) is 19.9. The lowest BCUT2D eigenvalue weighted by Crippen LogP contribution is -2.28. The molecule has 3 rings (SSSR count). The molecule has 1 fully saturated rings. The number of amides is 1. The Morgan fingerprint density at radius 2 is 1.87 bits per heavy atom. The van der Waals surface area contributed by atoms with E-state index in [1.54, 1.807) is 18.1 Å². The first-order valence-corrected chi connectivity index (χ1v) is 12.1. The second kappa shape index (κ2) is 10.7. The topological polar surface area (TPSA) is 51.1 Å². The molecule has 0 N–H and O–H groups in total. The molecule has 1 amide bonds. The molecule has 1 heterocycles. The monoisotopic (exact) mass is 646 g/mol. The van der Waals surface area contributed by atoms with Crippen LogP contribution >= 0.6 is 56.9 Å². The van der Waals surface area contributed by atoms with Gasteiger partial charge in [-0.2, -0.15) is 0 Å². The van der Waals surface area contributed by atoms with Crippen molar-refractivity contribution >= 4 is 79.8 Å². The Labute approximate surface area is 207 Å². The first-order valence-electron chi connectivity index (χ1n) is 9.13. The highest BCUT2D eigenvalue weighted by Gasteiger charge is 2.32. The van der Waals surface area contributed by atoms with Crippen LogP contribution in [0.5, 0.6) is 11.5 Å². The number of likely N-dealkylation sites (N-methyl/N-ethyl adjacent to an activating group) is 1. The number of aliphatic imine (C=N–C) groups is 1. The molecule has 0 unspecified atom stereocenters. The van der Waals surface area contributed by atoms with Crippen LogP contribution in [0.1, 0.15) is 12.5 Å². The minimum absolute atomic E-state index is 0.0354. The Hall–Kier alpha value is -1.53. The molecule has 156 valence electrons. The third-order valence-electron chi connectivity index (χ3n) is 4.17. The van der Waals surface area contributed by atoms with Crippen LogP contribution in [0.15, 0.2) is 59.0 Å². The van der Waals surface area contributed by atoms with Gasteiger partial charge < -0.3 is 9.47 Å². The Bertz CT molecular complexity index is 997. The summed E-state index contributed by atoms with van der Waals surface area (Å²) in [6.45, 7) is 6.65. The minimum Gasteiger partial charge on any atom is -0.497 e. The average Bonchev–Trinajstić information content (AvgIpc) is 3.02. The SMILES string of the molecule is C=CCOc1c(I)cc(/C=C2/SC(=Nc3ccc(OC)cc3)N(CC)C2=O)cc1I. The number of ether oxygens (including phenoxy) is 2. The maximum Gasteiger partial charge on any atom is 0.266 e. The number of amidine groups is 1. The van der Waals surface area contributed by atoms with Crippen molar-refractivity contribution in [2.24, 2.45) is 4.99 Å². The number of hydrogen-bond acceptors (Lipinski definition) is 5. The van der Waals surface area contributed by atoms with Crippen LogP contribution in [-0.2, 0) is 4.79 Å². The van der Waals surface area contributed by atoms with Gasteiger partial charge in [0.15, 0.2) is 5.17 Å².